The highest BCUT2D eigenvalue weighted by Crippen LogP contribution is 2.31. The van der Waals surface area contributed by atoms with E-state index < -0.39 is 83.1 Å². The Bertz CT molecular complexity index is 2140. The zero-order valence-corrected chi connectivity index (χ0v) is 36.3. The Balaban J connectivity index is 1.33. The van der Waals surface area contributed by atoms with Gasteiger partial charge in [0, 0.05) is 30.7 Å². The van der Waals surface area contributed by atoms with Gasteiger partial charge in [-0.05, 0) is 113 Å². The Labute approximate surface area is 364 Å². The van der Waals surface area contributed by atoms with E-state index in [0.717, 1.165) is 6.20 Å². The molecule has 16 heteroatoms. The Morgan fingerprint density at radius 2 is 1.50 bits per heavy atom. The van der Waals surface area contributed by atoms with Crippen LogP contribution in [0.4, 0.5) is 22.8 Å². The Morgan fingerprint density at radius 1 is 0.871 bits per heavy atom. The number of hydrogen-bond donors (Lipinski definition) is 1. The van der Waals surface area contributed by atoms with Crippen LogP contribution in [-0.2, 0) is 47.8 Å². The van der Waals surface area contributed by atoms with E-state index in [1.807, 2.05) is 0 Å². The van der Waals surface area contributed by atoms with Crippen LogP contribution < -0.4 is 5.32 Å². The third kappa shape index (κ3) is 14.3. The van der Waals surface area contributed by atoms with Crippen LogP contribution in [0.3, 0.4) is 0 Å². The average molecular weight is 881 g/mol. The van der Waals surface area contributed by atoms with E-state index >= 15 is 4.39 Å². The van der Waals surface area contributed by atoms with Crippen LogP contribution in [0.1, 0.15) is 88.2 Å². The maximum atomic E-state index is 15.7. The molecule has 4 aromatic rings. The Hall–Kier alpha value is -5.54. The molecule has 62 heavy (non-hydrogen) atoms. The average Bonchev–Trinajstić information content (AvgIpc) is 3.19. The van der Waals surface area contributed by atoms with Gasteiger partial charge < -0.3 is 24.3 Å². The van der Waals surface area contributed by atoms with Crippen molar-refractivity contribution >= 4 is 35.5 Å². The van der Waals surface area contributed by atoms with Gasteiger partial charge in [0.25, 0.3) is 0 Å². The van der Waals surface area contributed by atoms with Gasteiger partial charge in [-0.2, -0.15) is 0 Å². The van der Waals surface area contributed by atoms with E-state index in [0.29, 0.717) is 28.4 Å². The summed E-state index contributed by atoms with van der Waals surface area (Å²) in [5.74, 6) is -3.74. The number of aromatic nitrogens is 2. The number of morpholine rings is 1. The van der Waals surface area contributed by atoms with E-state index in [1.54, 1.807) is 59.7 Å². The molecule has 0 saturated carbocycles. The molecule has 2 aromatic carbocycles. The molecule has 2 amide bonds. The number of nitrogens with one attached hydrogen (secondary N) is 1. The third-order valence-corrected chi connectivity index (χ3v) is 9.98. The Kier molecular flexibility index (Phi) is 16.1. The molecule has 1 aliphatic rings. The summed E-state index contributed by atoms with van der Waals surface area (Å²) in [5, 5.41) is 3.00. The molecule has 2 aromatic heterocycles. The summed E-state index contributed by atoms with van der Waals surface area (Å²) in [6.45, 7) is 10.0. The van der Waals surface area contributed by atoms with Crippen molar-refractivity contribution in [2.75, 3.05) is 19.8 Å². The minimum Gasteiger partial charge on any atom is -0.463 e. The van der Waals surface area contributed by atoms with Gasteiger partial charge in [-0.25, -0.2) is 27.7 Å². The molecule has 0 aliphatic carbocycles. The SMILES string of the molecule is CC(C)(C)OC(=O)N[C@H](C(=O)Cc1cncc(F)c1CC[C@@H]1CN(C(=O)OC(C)(C)C)[C@H](COC(=O)CCc2cccc(Cl)n2)CO1)C(c1ccc(F)cc1)c1ccc(F)cc1. The molecule has 5 rings (SSSR count). The second kappa shape index (κ2) is 21.0. The van der Waals surface area contributed by atoms with Gasteiger partial charge in [0.2, 0.25) is 0 Å². The number of carbonyl (C=O) groups is 4. The molecule has 0 unspecified atom stereocenters. The van der Waals surface area contributed by atoms with Gasteiger partial charge >= 0.3 is 18.2 Å². The van der Waals surface area contributed by atoms with E-state index in [9.17, 15) is 28.0 Å². The number of benzene rings is 2. The predicted octanol–water partition coefficient (Wildman–Crippen LogP) is 8.50. The summed E-state index contributed by atoms with van der Waals surface area (Å²) >= 11 is 5.96. The maximum Gasteiger partial charge on any atom is 0.410 e. The van der Waals surface area contributed by atoms with Crippen LogP contribution in [0.15, 0.2) is 79.1 Å². The number of esters is 1. The second-order valence-electron chi connectivity index (χ2n) is 17.0. The number of Topliss-reactive ketones (excluding diaryl/α,β-unsaturated/α-hetero) is 1. The minimum atomic E-state index is -1.35. The van der Waals surface area contributed by atoms with Gasteiger partial charge in [0.05, 0.1) is 37.9 Å². The van der Waals surface area contributed by atoms with Crippen molar-refractivity contribution in [2.45, 2.75) is 109 Å². The van der Waals surface area contributed by atoms with E-state index in [4.69, 9.17) is 30.5 Å². The number of aryl methyl sites for hydroxylation is 1. The fourth-order valence-electron chi connectivity index (χ4n) is 6.94. The lowest BCUT2D eigenvalue weighted by atomic mass is 9.81. The summed E-state index contributed by atoms with van der Waals surface area (Å²) < 4.78 is 66.9. The summed E-state index contributed by atoms with van der Waals surface area (Å²) in [4.78, 5) is 63.6. The monoisotopic (exact) mass is 880 g/mol. The summed E-state index contributed by atoms with van der Waals surface area (Å²) in [6.07, 6.45) is 0.452. The highest BCUT2D eigenvalue weighted by atomic mass is 35.5. The number of amides is 2. The first-order valence-corrected chi connectivity index (χ1v) is 20.6. The zero-order chi connectivity index (χ0) is 45.2. The quantitative estimate of drug-likeness (QED) is 0.0701. The molecule has 1 N–H and O–H groups in total. The number of ketones is 1. The fraction of sp³-hybridized carbons (Fsp3) is 0.435. The molecule has 3 atom stereocenters. The molecular formula is C46H52ClF3N4O8. The van der Waals surface area contributed by atoms with Gasteiger partial charge in [-0.3, -0.25) is 19.5 Å². The van der Waals surface area contributed by atoms with Crippen molar-refractivity contribution in [3.05, 3.63) is 130 Å². The standard InChI is InChI=1S/C46H52ClF3N4O8/c1-45(2,3)61-43(57)53-42(41(28-10-14-31(48)15-11-28)29-12-16-32(49)17-13-29)38(55)22-30-23-51-24-37(50)36(30)20-19-35-25-54(44(58)62-46(4,5)6)34(26-59-35)27-60-40(56)21-18-33-8-7-9-39(47)52-33/h7-17,23-24,34-35,41-42H,18-22,25-27H2,1-6H3,(H,53,57)/t34-,35+,42+/m0/s1. The van der Waals surface area contributed by atoms with Crippen molar-refractivity contribution in [1.29, 1.82) is 0 Å². The lowest BCUT2D eigenvalue weighted by molar-refractivity contribution is -0.149. The fourth-order valence-corrected chi connectivity index (χ4v) is 7.12. The van der Waals surface area contributed by atoms with Crippen LogP contribution in [0.5, 0.6) is 0 Å². The number of carbonyl (C=O) groups excluding carboxylic acids is 4. The van der Waals surface area contributed by atoms with Crippen molar-refractivity contribution in [3.8, 4) is 0 Å². The van der Waals surface area contributed by atoms with Crippen LogP contribution in [0, 0.1) is 17.5 Å². The van der Waals surface area contributed by atoms with Gasteiger partial charge in [-0.1, -0.05) is 41.9 Å². The molecule has 332 valence electrons. The second-order valence-corrected chi connectivity index (χ2v) is 17.4. The Morgan fingerprint density at radius 3 is 2.10 bits per heavy atom. The topological polar surface area (TPSA) is 146 Å². The highest BCUT2D eigenvalue weighted by molar-refractivity contribution is 6.29. The predicted molar refractivity (Wildman–Crippen MR) is 224 cm³/mol. The summed E-state index contributed by atoms with van der Waals surface area (Å²) in [6, 6.07) is 13.8. The molecule has 0 bridgehead atoms. The molecule has 1 fully saturated rings. The number of halogens is 4. The number of alkyl carbamates (subject to hydrolysis) is 1. The summed E-state index contributed by atoms with van der Waals surface area (Å²) in [7, 11) is 0. The van der Waals surface area contributed by atoms with Crippen LogP contribution in [0.25, 0.3) is 0 Å². The van der Waals surface area contributed by atoms with Crippen molar-refractivity contribution in [1.82, 2.24) is 20.2 Å². The first kappa shape index (κ1) is 47.5. The molecular weight excluding hydrogens is 829 g/mol. The summed E-state index contributed by atoms with van der Waals surface area (Å²) in [5.41, 5.74) is 0.152. The van der Waals surface area contributed by atoms with Crippen LogP contribution in [-0.4, -0.2) is 88.0 Å². The lowest BCUT2D eigenvalue weighted by Crippen LogP contribution is -2.55. The third-order valence-electron chi connectivity index (χ3n) is 9.77. The van der Waals surface area contributed by atoms with Gasteiger partial charge in [-0.15, -0.1) is 0 Å². The normalized spacial score (nSPS) is 16.1. The largest absolute Gasteiger partial charge is 0.463 e. The number of ether oxygens (including phenoxy) is 4. The first-order chi connectivity index (χ1) is 29.2. The molecule has 1 aliphatic heterocycles. The zero-order valence-electron chi connectivity index (χ0n) is 35.6. The molecule has 0 spiro atoms. The lowest BCUT2D eigenvalue weighted by Gasteiger charge is -2.40. The van der Waals surface area contributed by atoms with E-state index in [1.165, 1.54) is 59.6 Å². The van der Waals surface area contributed by atoms with Crippen LogP contribution >= 0.6 is 11.6 Å². The van der Waals surface area contributed by atoms with Gasteiger partial charge in [0.1, 0.15) is 46.5 Å². The van der Waals surface area contributed by atoms with Crippen LogP contribution in [0.2, 0.25) is 5.15 Å². The number of rotatable bonds is 15. The smallest absolute Gasteiger partial charge is 0.410 e. The van der Waals surface area contributed by atoms with Crippen molar-refractivity contribution < 1.29 is 51.3 Å². The molecule has 1 saturated heterocycles. The van der Waals surface area contributed by atoms with Crippen molar-refractivity contribution in [3.63, 3.8) is 0 Å². The number of hydrogen-bond acceptors (Lipinski definition) is 10. The van der Waals surface area contributed by atoms with Crippen molar-refractivity contribution in [2.24, 2.45) is 0 Å². The van der Waals surface area contributed by atoms with E-state index in [2.05, 4.69) is 15.3 Å². The number of pyridine rings is 2. The highest BCUT2D eigenvalue weighted by Gasteiger charge is 2.37. The minimum absolute atomic E-state index is 0.0105. The first-order valence-electron chi connectivity index (χ1n) is 20.3. The number of nitrogens with zero attached hydrogens (tertiary/aromatic N) is 3. The van der Waals surface area contributed by atoms with Gasteiger partial charge in [0.15, 0.2) is 5.78 Å². The van der Waals surface area contributed by atoms with E-state index in [-0.39, 0.29) is 50.1 Å². The maximum absolute atomic E-state index is 15.7. The molecule has 12 nitrogen and oxygen atoms in total. The molecule has 0 radical (unpaired) electrons. The molecule has 3 heterocycles.